The number of halogens is 4. The highest BCUT2D eigenvalue weighted by atomic mass is 35.5. The molecule has 1 rings (SSSR count). The molecule has 0 radical (unpaired) electrons. The van der Waals surface area contributed by atoms with Gasteiger partial charge >= 0.3 is 13.3 Å². The average molecular weight is 325 g/mol. The van der Waals surface area contributed by atoms with Crippen molar-refractivity contribution in [2.75, 3.05) is 0 Å². The molecule has 8 heteroatoms. The normalized spacial score (nSPS) is 13.4. The van der Waals surface area contributed by atoms with E-state index < -0.39 is 30.1 Å². The molecule has 3 nitrogen and oxygen atoms in total. The zero-order chi connectivity index (χ0) is 16.6. The van der Waals surface area contributed by atoms with E-state index in [2.05, 4.69) is 0 Å². The number of aliphatic hydroxyl groups is 1. The van der Waals surface area contributed by atoms with E-state index in [1.165, 1.54) is 27.7 Å². The first kappa shape index (κ1) is 18.3. The third kappa shape index (κ3) is 4.36. The van der Waals surface area contributed by atoms with Gasteiger partial charge in [0.1, 0.15) is 0 Å². The monoisotopic (exact) mass is 324 g/mol. The lowest BCUT2D eigenvalue weighted by molar-refractivity contribution is -0.137. The predicted molar refractivity (Wildman–Crippen MR) is 75.5 cm³/mol. The van der Waals surface area contributed by atoms with Crippen LogP contribution in [0.1, 0.15) is 33.3 Å². The van der Waals surface area contributed by atoms with Crippen molar-refractivity contribution in [3.63, 3.8) is 0 Å². The molecule has 0 aromatic heterocycles. The minimum Gasteiger partial charge on any atom is -0.423 e. The summed E-state index contributed by atoms with van der Waals surface area (Å²) in [6.45, 7) is 5.95. The fourth-order valence-electron chi connectivity index (χ4n) is 1.40. The van der Waals surface area contributed by atoms with Crippen LogP contribution in [0.3, 0.4) is 0 Å². The van der Waals surface area contributed by atoms with Gasteiger partial charge in [0.05, 0.1) is 16.8 Å². The van der Waals surface area contributed by atoms with E-state index in [0.29, 0.717) is 0 Å². The minimum atomic E-state index is -4.55. The summed E-state index contributed by atoms with van der Waals surface area (Å²) in [5, 5.41) is 19.9. The molecular weight excluding hydrogens is 307 g/mol. The Morgan fingerprint density at radius 2 is 1.67 bits per heavy atom. The van der Waals surface area contributed by atoms with E-state index in [4.69, 9.17) is 16.3 Å². The molecule has 0 spiro atoms. The van der Waals surface area contributed by atoms with Crippen molar-refractivity contribution in [3.05, 3.63) is 28.8 Å². The largest absolute Gasteiger partial charge is 0.493 e. The minimum absolute atomic E-state index is 0.0537. The second-order valence-electron chi connectivity index (χ2n) is 5.77. The van der Waals surface area contributed by atoms with Crippen LogP contribution in [0.5, 0.6) is 0 Å². The second-order valence-corrected chi connectivity index (χ2v) is 6.18. The molecule has 1 aromatic carbocycles. The first-order valence-corrected chi connectivity index (χ1v) is 6.58. The summed E-state index contributed by atoms with van der Waals surface area (Å²) in [4.78, 5) is 0. The van der Waals surface area contributed by atoms with Crippen molar-refractivity contribution >= 4 is 24.2 Å². The summed E-state index contributed by atoms with van der Waals surface area (Å²) in [5.41, 5.74) is -3.67. The fourth-order valence-corrected chi connectivity index (χ4v) is 1.61. The average Bonchev–Trinajstić information content (AvgIpc) is 2.25. The van der Waals surface area contributed by atoms with Crippen molar-refractivity contribution in [3.8, 4) is 0 Å². The molecule has 0 saturated carbocycles. The smallest absolute Gasteiger partial charge is 0.423 e. The van der Waals surface area contributed by atoms with Gasteiger partial charge in [0.15, 0.2) is 0 Å². The van der Waals surface area contributed by atoms with Gasteiger partial charge in [-0.15, -0.1) is 0 Å². The van der Waals surface area contributed by atoms with Gasteiger partial charge in [0, 0.05) is 10.5 Å². The van der Waals surface area contributed by atoms with Gasteiger partial charge in [-0.05, 0) is 45.9 Å². The van der Waals surface area contributed by atoms with Gasteiger partial charge in [0.25, 0.3) is 0 Å². The molecule has 0 bridgehead atoms. The van der Waals surface area contributed by atoms with Crippen LogP contribution in [0.15, 0.2) is 18.2 Å². The predicted octanol–water partition coefficient (Wildman–Crippen LogP) is 2.61. The van der Waals surface area contributed by atoms with E-state index in [0.717, 1.165) is 18.2 Å². The SMILES string of the molecule is CC(C)(O)C(C)(C)OB(O)c1cc(C(F)(F)F)ccc1Cl. The topological polar surface area (TPSA) is 49.7 Å². The maximum atomic E-state index is 12.7. The van der Waals surface area contributed by atoms with Gasteiger partial charge in [-0.3, -0.25) is 0 Å². The lowest BCUT2D eigenvalue weighted by atomic mass is 9.76. The Morgan fingerprint density at radius 1 is 1.14 bits per heavy atom. The maximum absolute atomic E-state index is 12.7. The van der Waals surface area contributed by atoms with E-state index in [9.17, 15) is 23.3 Å². The van der Waals surface area contributed by atoms with Crippen molar-refractivity contribution in [1.29, 1.82) is 0 Å². The van der Waals surface area contributed by atoms with Crippen molar-refractivity contribution in [1.82, 2.24) is 0 Å². The van der Waals surface area contributed by atoms with E-state index in [1.54, 1.807) is 0 Å². The number of alkyl halides is 3. The second kappa shape index (κ2) is 5.80. The van der Waals surface area contributed by atoms with E-state index >= 15 is 0 Å². The Balaban J connectivity index is 3.11. The van der Waals surface area contributed by atoms with E-state index in [1.807, 2.05) is 0 Å². The molecule has 1 aromatic rings. The fraction of sp³-hybridized carbons (Fsp3) is 0.538. The molecule has 0 unspecified atom stereocenters. The Kier molecular flexibility index (Phi) is 5.05. The molecular formula is C13H17BClF3O3. The summed E-state index contributed by atoms with van der Waals surface area (Å²) in [5.74, 6) is 0. The van der Waals surface area contributed by atoms with Crippen molar-refractivity contribution in [2.45, 2.75) is 45.1 Å². The van der Waals surface area contributed by atoms with Gasteiger partial charge in [-0.2, -0.15) is 13.2 Å². The molecule has 0 atom stereocenters. The van der Waals surface area contributed by atoms with E-state index in [-0.39, 0.29) is 10.5 Å². The first-order chi connectivity index (χ1) is 9.25. The number of rotatable bonds is 4. The molecule has 0 fully saturated rings. The third-order valence-corrected chi connectivity index (χ3v) is 3.81. The number of benzene rings is 1. The van der Waals surface area contributed by atoms with Gasteiger partial charge in [-0.25, -0.2) is 0 Å². The molecule has 0 aliphatic carbocycles. The summed E-state index contributed by atoms with van der Waals surface area (Å²) in [6.07, 6.45) is -4.55. The van der Waals surface area contributed by atoms with Crippen LogP contribution >= 0.6 is 11.6 Å². The van der Waals surface area contributed by atoms with Crippen molar-refractivity contribution in [2.24, 2.45) is 0 Å². The Bertz CT molecular complexity index is 512. The highest BCUT2D eigenvalue weighted by Gasteiger charge is 2.40. The summed E-state index contributed by atoms with van der Waals surface area (Å²) in [6, 6.07) is 2.59. The lowest BCUT2D eigenvalue weighted by Crippen LogP contribution is -2.53. The Morgan fingerprint density at radius 3 is 2.10 bits per heavy atom. The van der Waals surface area contributed by atoms with Crippen LogP contribution in [0.25, 0.3) is 0 Å². The van der Waals surface area contributed by atoms with Crippen LogP contribution in [-0.4, -0.2) is 28.5 Å². The molecule has 0 aliphatic heterocycles. The van der Waals surface area contributed by atoms with Crippen LogP contribution in [0.2, 0.25) is 5.02 Å². The molecule has 0 amide bonds. The summed E-state index contributed by atoms with van der Waals surface area (Å²) < 4.78 is 43.3. The number of hydrogen-bond acceptors (Lipinski definition) is 3. The highest BCUT2D eigenvalue weighted by molar-refractivity contribution is 6.64. The molecule has 0 aliphatic rings. The number of hydrogen-bond donors (Lipinski definition) is 2. The molecule has 2 N–H and O–H groups in total. The van der Waals surface area contributed by atoms with Gasteiger partial charge < -0.3 is 14.8 Å². The first-order valence-electron chi connectivity index (χ1n) is 6.20. The highest BCUT2D eigenvalue weighted by Crippen LogP contribution is 2.30. The molecule has 118 valence electrons. The third-order valence-electron chi connectivity index (χ3n) is 3.47. The van der Waals surface area contributed by atoms with Gasteiger partial charge in [-0.1, -0.05) is 11.6 Å². The molecule has 0 heterocycles. The van der Waals surface area contributed by atoms with Crippen LogP contribution < -0.4 is 5.46 Å². The Hall–Kier alpha value is -0.755. The zero-order valence-corrected chi connectivity index (χ0v) is 12.9. The summed E-state index contributed by atoms with van der Waals surface area (Å²) >= 11 is 5.81. The molecule has 21 heavy (non-hydrogen) atoms. The summed E-state index contributed by atoms with van der Waals surface area (Å²) in [7, 11) is -1.69. The lowest BCUT2D eigenvalue weighted by Gasteiger charge is -2.38. The van der Waals surface area contributed by atoms with Crippen LogP contribution in [-0.2, 0) is 10.8 Å². The Labute approximate surface area is 126 Å². The van der Waals surface area contributed by atoms with Crippen LogP contribution in [0.4, 0.5) is 13.2 Å². The molecule has 0 saturated heterocycles. The zero-order valence-electron chi connectivity index (χ0n) is 12.1. The standard InChI is InChI=1S/C13H17BClF3O3/c1-11(2,19)12(3,4)21-14(20)9-7-8(13(16,17)18)5-6-10(9)15/h5-7,19-20H,1-4H3. The van der Waals surface area contributed by atoms with Crippen LogP contribution in [0, 0.1) is 0 Å². The maximum Gasteiger partial charge on any atom is 0.493 e. The quantitative estimate of drug-likeness (QED) is 0.837. The van der Waals surface area contributed by atoms with Crippen molar-refractivity contribution < 1.29 is 28.0 Å². The van der Waals surface area contributed by atoms with Gasteiger partial charge in [0.2, 0.25) is 0 Å².